The van der Waals surface area contributed by atoms with Gasteiger partial charge in [-0.3, -0.25) is 9.76 Å². The number of aromatic nitrogens is 1. The summed E-state index contributed by atoms with van der Waals surface area (Å²) in [6, 6.07) is 2.01. The summed E-state index contributed by atoms with van der Waals surface area (Å²) >= 11 is 0. The van der Waals surface area contributed by atoms with Crippen molar-refractivity contribution in [3.63, 3.8) is 0 Å². The highest BCUT2D eigenvalue weighted by molar-refractivity contribution is 7.91. The Morgan fingerprint density at radius 1 is 1.33 bits per heavy atom. The van der Waals surface area contributed by atoms with Crippen molar-refractivity contribution in [2.75, 3.05) is 0 Å². The topological polar surface area (TPSA) is 53.8 Å². The van der Waals surface area contributed by atoms with E-state index in [1.54, 1.807) is 6.20 Å². The fourth-order valence-electron chi connectivity index (χ4n) is 1.75. The van der Waals surface area contributed by atoms with Gasteiger partial charge in [0.25, 0.3) is 0 Å². The summed E-state index contributed by atoms with van der Waals surface area (Å²) in [5.74, 6) is 0.772. The second-order valence-electron chi connectivity index (χ2n) is 5.19. The van der Waals surface area contributed by atoms with Gasteiger partial charge >= 0.3 is 0 Å². The second kappa shape index (κ2) is 3.04. The Balaban J connectivity index is 2.48. The maximum atomic E-state index is 11.6. The largest absolute Gasteiger partial charge is 0.260 e. The van der Waals surface area contributed by atoms with E-state index in [1.807, 2.05) is 6.07 Å². The average Bonchev–Trinajstić information content (AvgIpc) is 2.34. The summed E-state index contributed by atoms with van der Waals surface area (Å²) in [5, 5.41) is 0. The minimum Gasteiger partial charge on any atom is -0.260 e. The van der Waals surface area contributed by atoms with Crippen molar-refractivity contribution in [3.8, 4) is 0 Å². The lowest BCUT2D eigenvalue weighted by molar-refractivity contribution is 0.568. The van der Waals surface area contributed by atoms with E-state index in [9.17, 15) is 4.21 Å². The van der Waals surface area contributed by atoms with Crippen molar-refractivity contribution < 1.29 is 4.21 Å². The first kappa shape index (κ1) is 10.6. The van der Waals surface area contributed by atoms with E-state index in [-0.39, 0.29) is 5.41 Å². The first-order chi connectivity index (χ1) is 6.78. The lowest BCUT2D eigenvalue weighted by Gasteiger charge is -2.18. The van der Waals surface area contributed by atoms with Crippen molar-refractivity contribution in [1.82, 2.24) is 4.98 Å². The van der Waals surface area contributed by atoms with Gasteiger partial charge in [0.15, 0.2) is 0 Å². The number of hydrogen-bond acceptors (Lipinski definition) is 3. The molecule has 1 aromatic rings. The summed E-state index contributed by atoms with van der Waals surface area (Å²) in [6.45, 7) is 6.32. The van der Waals surface area contributed by atoms with Gasteiger partial charge in [-0.05, 0) is 17.2 Å². The molecule has 0 fully saturated rings. The smallest absolute Gasteiger partial charge is 0.0587 e. The first-order valence-corrected chi connectivity index (χ1v) is 6.90. The standard InChI is InChI=1S/C11H16N2OS/c1-11(2,3)10-4-8-6-15(12,14)7-9(8)5-13-10/h4-5,12H,6-7H2,1-3H3. The highest BCUT2D eigenvalue weighted by Crippen LogP contribution is 2.28. The molecule has 2 rings (SSSR count). The SMILES string of the molecule is CC(C)(C)c1cc2c(cn1)CS(=N)(=O)C2. The third kappa shape index (κ3) is 2.04. The van der Waals surface area contributed by atoms with Crippen LogP contribution in [0.4, 0.5) is 0 Å². The van der Waals surface area contributed by atoms with E-state index in [4.69, 9.17) is 4.78 Å². The van der Waals surface area contributed by atoms with Gasteiger partial charge in [-0.15, -0.1) is 0 Å². The molecule has 1 N–H and O–H groups in total. The van der Waals surface area contributed by atoms with Gasteiger partial charge in [0, 0.05) is 17.3 Å². The van der Waals surface area contributed by atoms with Crippen molar-refractivity contribution in [3.05, 3.63) is 29.1 Å². The zero-order valence-corrected chi connectivity index (χ0v) is 10.1. The third-order valence-electron chi connectivity index (χ3n) is 2.63. The van der Waals surface area contributed by atoms with Crippen molar-refractivity contribution in [1.29, 1.82) is 4.78 Å². The molecular weight excluding hydrogens is 208 g/mol. The Hall–Kier alpha value is -0.900. The van der Waals surface area contributed by atoms with Crippen LogP contribution >= 0.6 is 0 Å². The molecule has 0 aromatic carbocycles. The number of nitrogens with zero attached hydrogens (tertiary/aromatic N) is 1. The molecule has 1 aliphatic rings. The Bertz CT molecular complexity index is 498. The zero-order valence-electron chi connectivity index (χ0n) is 9.33. The number of nitrogens with one attached hydrogen (secondary N) is 1. The Labute approximate surface area is 90.9 Å². The van der Waals surface area contributed by atoms with Gasteiger partial charge < -0.3 is 0 Å². The van der Waals surface area contributed by atoms with Gasteiger partial charge in [-0.1, -0.05) is 20.8 Å². The Morgan fingerprint density at radius 3 is 2.53 bits per heavy atom. The van der Waals surface area contributed by atoms with Crippen LogP contribution in [0.3, 0.4) is 0 Å². The summed E-state index contributed by atoms with van der Waals surface area (Å²) in [6.07, 6.45) is 1.79. The number of pyridine rings is 1. The van der Waals surface area contributed by atoms with Gasteiger partial charge in [-0.2, -0.15) is 0 Å². The summed E-state index contributed by atoms with van der Waals surface area (Å²) in [5.41, 5.74) is 3.07. The van der Waals surface area contributed by atoms with Crippen LogP contribution in [0.1, 0.15) is 37.6 Å². The Kier molecular flexibility index (Phi) is 2.15. The van der Waals surface area contributed by atoms with Crippen LogP contribution in [-0.4, -0.2) is 9.19 Å². The van der Waals surface area contributed by atoms with Crippen molar-refractivity contribution in [2.45, 2.75) is 37.7 Å². The first-order valence-electron chi connectivity index (χ1n) is 5.00. The summed E-state index contributed by atoms with van der Waals surface area (Å²) in [4.78, 5) is 4.38. The Morgan fingerprint density at radius 2 is 1.93 bits per heavy atom. The molecule has 4 heteroatoms. The van der Waals surface area contributed by atoms with Crippen LogP contribution in [0, 0.1) is 4.78 Å². The van der Waals surface area contributed by atoms with E-state index in [1.165, 1.54) is 0 Å². The van der Waals surface area contributed by atoms with Crippen LogP contribution in [0.2, 0.25) is 0 Å². The third-order valence-corrected chi connectivity index (χ3v) is 4.18. The fourth-order valence-corrected chi connectivity index (χ4v) is 3.39. The van der Waals surface area contributed by atoms with Gasteiger partial charge in [0.2, 0.25) is 0 Å². The van der Waals surface area contributed by atoms with Crippen LogP contribution in [0.25, 0.3) is 0 Å². The second-order valence-corrected chi connectivity index (χ2v) is 7.39. The van der Waals surface area contributed by atoms with Crippen LogP contribution in [0.5, 0.6) is 0 Å². The fraction of sp³-hybridized carbons (Fsp3) is 0.545. The molecule has 1 atom stereocenters. The zero-order chi connectivity index (χ0) is 11.3. The maximum absolute atomic E-state index is 11.6. The van der Waals surface area contributed by atoms with Crippen LogP contribution in [0.15, 0.2) is 12.3 Å². The molecule has 15 heavy (non-hydrogen) atoms. The molecule has 0 bridgehead atoms. The quantitative estimate of drug-likeness (QED) is 0.736. The number of hydrogen-bond donors (Lipinski definition) is 1. The van der Waals surface area contributed by atoms with Crippen molar-refractivity contribution in [2.24, 2.45) is 0 Å². The number of fused-ring (bicyclic) bond motifs is 1. The molecule has 0 aliphatic carbocycles. The van der Waals surface area contributed by atoms with E-state index in [0.29, 0.717) is 11.5 Å². The monoisotopic (exact) mass is 224 g/mol. The molecular formula is C11H16N2OS. The summed E-state index contributed by atoms with van der Waals surface area (Å²) < 4.78 is 19.2. The lowest BCUT2D eigenvalue weighted by atomic mass is 9.90. The highest BCUT2D eigenvalue weighted by Gasteiger charge is 2.24. The predicted molar refractivity (Wildman–Crippen MR) is 61.2 cm³/mol. The summed E-state index contributed by atoms with van der Waals surface area (Å²) in [7, 11) is -2.41. The van der Waals surface area contributed by atoms with Gasteiger partial charge in [-0.25, -0.2) is 4.21 Å². The molecule has 0 amide bonds. The molecule has 0 radical (unpaired) electrons. The van der Waals surface area contributed by atoms with E-state index < -0.39 is 9.73 Å². The van der Waals surface area contributed by atoms with E-state index >= 15 is 0 Å². The minimum atomic E-state index is -2.41. The average molecular weight is 224 g/mol. The minimum absolute atomic E-state index is 0.0144. The molecule has 3 nitrogen and oxygen atoms in total. The normalized spacial score (nSPS) is 25.3. The van der Waals surface area contributed by atoms with Crippen molar-refractivity contribution >= 4 is 9.73 Å². The predicted octanol–water partition coefficient (Wildman–Crippen LogP) is 2.44. The van der Waals surface area contributed by atoms with E-state index in [2.05, 4.69) is 25.8 Å². The molecule has 1 aliphatic heterocycles. The maximum Gasteiger partial charge on any atom is 0.0587 e. The molecule has 1 aromatic heterocycles. The molecule has 0 saturated heterocycles. The van der Waals surface area contributed by atoms with Crippen LogP contribution < -0.4 is 0 Å². The lowest BCUT2D eigenvalue weighted by Crippen LogP contribution is -2.13. The molecule has 2 heterocycles. The molecule has 82 valence electrons. The molecule has 1 unspecified atom stereocenters. The van der Waals surface area contributed by atoms with Crippen LogP contribution in [-0.2, 0) is 26.6 Å². The van der Waals surface area contributed by atoms with E-state index in [0.717, 1.165) is 16.8 Å². The molecule has 0 spiro atoms. The molecule has 0 saturated carbocycles. The number of rotatable bonds is 0. The van der Waals surface area contributed by atoms with Gasteiger partial charge in [0.05, 0.1) is 21.2 Å². The van der Waals surface area contributed by atoms with Gasteiger partial charge in [0.1, 0.15) is 0 Å². The highest BCUT2D eigenvalue weighted by atomic mass is 32.2.